The number of nitrogens with one attached hydrogen (secondary N) is 2. The molecule has 0 spiro atoms. The molecule has 158 valence electrons. The van der Waals surface area contributed by atoms with Gasteiger partial charge in [0.05, 0.1) is 6.54 Å². The molecule has 30 heavy (non-hydrogen) atoms. The highest BCUT2D eigenvalue weighted by atomic mass is 16.5. The molecular formula is C22H29N7O. The van der Waals surface area contributed by atoms with Gasteiger partial charge in [-0.1, -0.05) is 43.3 Å². The van der Waals surface area contributed by atoms with E-state index >= 15 is 0 Å². The normalized spacial score (nSPS) is 11.3. The van der Waals surface area contributed by atoms with E-state index < -0.39 is 0 Å². The summed E-state index contributed by atoms with van der Waals surface area (Å²) in [5.74, 6) is 2.34. The lowest BCUT2D eigenvalue weighted by Gasteiger charge is -2.13. The number of benzene rings is 1. The van der Waals surface area contributed by atoms with E-state index in [-0.39, 0.29) is 0 Å². The van der Waals surface area contributed by atoms with Crippen LogP contribution in [0.15, 0.2) is 60.0 Å². The summed E-state index contributed by atoms with van der Waals surface area (Å²) in [5.41, 5.74) is 2.05. The molecule has 3 aromatic rings. The van der Waals surface area contributed by atoms with Crippen molar-refractivity contribution in [3.05, 3.63) is 71.9 Å². The topological polar surface area (TPSA) is 89.3 Å². The van der Waals surface area contributed by atoms with Crippen LogP contribution < -0.4 is 15.4 Å². The van der Waals surface area contributed by atoms with Gasteiger partial charge in [-0.2, -0.15) is 0 Å². The van der Waals surface area contributed by atoms with E-state index in [0.717, 1.165) is 49.0 Å². The fourth-order valence-corrected chi connectivity index (χ4v) is 2.94. The number of aryl methyl sites for hydroxylation is 1. The van der Waals surface area contributed by atoms with Gasteiger partial charge in [0.25, 0.3) is 0 Å². The number of hydrogen-bond acceptors (Lipinski definition) is 5. The third-order valence-corrected chi connectivity index (χ3v) is 4.48. The maximum absolute atomic E-state index is 5.93. The molecule has 0 atom stereocenters. The average molecular weight is 408 g/mol. The van der Waals surface area contributed by atoms with Crippen LogP contribution in [-0.4, -0.2) is 38.8 Å². The Hall–Kier alpha value is -3.42. The minimum atomic E-state index is 0.472. The number of ether oxygens (including phenoxy) is 1. The Bertz CT molecular complexity index is 924. The van der Waals surface area contributed by atoms with Gasteiger partial charge in [0.15, 0.2) is 5.96 Å². The maximum Gasteiger partial charge on any atom is 0.218 e. The van der Waals surface area contributed by atoms with Crippen molar-refractivity contribution in [2.75, 3.05) is 13.1 Å². The lowest BCUT2D eigenvalue weighted by Crippen LogP contribution is -2.39. The number of aliphatic imine (C=N–C) groups is 1. The predicted molar refractivity (Wildman–Crippen MR) is 117 cm³/mol. The van der Waals surface area contributed by atoms with Gasteiger partial charge in [0.1, 0.15) is 18.8 Å². The first kappa shape index (κ1) is 21.3. The molecule has 8 heteroatoms. The second-order valence-electron chi connectivity index (χ2n) is 6.66. The second-order valence-corrected chi connectivity index (χ2v) is 6.66. The molecule has 0 amide bonds. The molecule has 0 unspecified atom stereocenters. The summed E-state index contributed by atoms with van der Waals surface area (Å²) in [7, 11) is 0. The monoisotopic (exact) mass is 407 g/mol. The maximum atomic E-state index is 5.93. The van der Waals surface area contributed by atoms with Gasteiger partial charge in [0, 0.05) is 37.8 Å². The van der Waals surface area contributed by atoms with Gasteiger partial charge in [0.2, 0.25) is 5.88 Å². The lowest BCUT2D eigenvalue weighted by molar-refractivity contribution is 0.290. The van der Waals surface area contributed by atoms with Crippen LogP contribution in [0.3, 0.4) is 0 Å². The van der Waals surface area contributed by atoms with E-state index in [9.17, 15) is 0 Å². The molecule has 8 nitrogen and oxygen atoms in total. The number of hydrogen-bond donors (Lipinski definition) is 2. The molecule has 0 fully saturated rings. The van der Waals surface area contributed by atoms with Gasteiger partial charge in [-0.3, -0.25) is 0 Å². The largest absolute Gasteiger partial charge is 0.473 e. The van der Waals surface area contributed by atoms with Crippen molar-refractivity contribution >= 4 is 5.96 Å². The van der Waals surface area contributed by atoms with Gasteiger partial charge < -0.3 is 19.9 Å². The molecule has 0 saturated carbocycles. The van der Waals surface area contributed by atoms with Crippen LogP contribution in [0.1, 0.15) is 30.8 Å². The number of rotatable bonds is 10. The zero-order chi connectivity index (χ0) is 21.0. The zero-order valence-corrected chi connectivity index (χ0v) is 17.6. The van der Waals surface area contributed by atoms with E-state index in [1.165, 1.54) is 0 Å². The predicted octanol–water partition coefficient (Wildman–Crippen LogP) is 2.57. The van der Waals surface area contributed by atoms with E-state index in [0.29, 0.717) is 19.0 Å². The van der Waals surface area contributed by atoms with Crippen LogP contribution in [0, 0.1) is 0 Å². The minimum absolute atomic E-state index is 0.472. The first-order chi connectivity index (χ1) is 14.8. The van der Waals surface area contributed by atoms with E-state index in [2.05, 4.69) is 32.7 Å². The van der Waals surface area contributed by atoms with Crippen molar-refractivity contribution in [1.29, 1.82) is 0 Å². The van der Waals surface area contributed by atoms with Gasteiger partial charge in [-0.25, -0.2) is 9.98 Å². The molecule has 2 heterocycles. The molecule has 0 aliphatic rings. The van der Waals surface area contributed by atoms with Crippen LogP contribution in [-0.2, 0) is 26.1 Å². The number of nitrogens with zero attached hydrogens (tertiary/aromatic N) is 5. The van der Waals surface area contributed by atoms with Crippen molar-refractivity contribution in [3.8, 4) is 5.88 Å². The number of guanidine groups is 1. The third kappa shape index (κ3) is 6.30. The molecule has 3 rings (SSSR count). The van der Waals surface area contributed by atoms with Gasteiger partial charge >= 0.3 is 0 Å². The summed E-state index contributed by atoms with van der Waals surface area (Å²) < 4.78 is 7.98. The SMILES string of the molecule is CCNC(=NCc1cccnc1OCc1ccccc1)NCCn1cnnc1CC. The Labute approximate surface area is 177 Å². The van der Waals surface area contributed by atoms with Crippen LogP contribution in [0.5, 0.6) is 5.88 Å². The number of pyridine rings is 1. The Morgan fingerprint density at radius 2 is 1.97 bits per heavy atom. The first-order valence-corrected chi connectivity index (χ1v) is 10.3. The molecule has 2 N–H and O–H groups in total. The summed E-state index contributed by atoms with van der Waals surface area (Å²) in [6.07, 6.45) is 4.36. The van der Waals surface area contributed by atoms with Crippen molar-refractivity contribution in [1.82, 2.24) is 30.4 Å². The van der Waals surface area contributed by atoms with E-state index in [1.54, 1.807) is 12.5 Å². The quantitative estimate of drug-likeness (QED) is 0.397. The standard InChI is InChI=1S/C22H29N7O/c1-3-20-28-27-17-29(20)14-13-25-22(23-4-2)26-15-19-11-8-12-24-21(19)30-16-18-9-6-5-7-10-18/h5-12,17H,3-4,13-16H2,1-2H3,(H2,23,25,26). The average Bonchev–Trinajstić information content (AvgIpc) is 3.25. The highest BCUT2D eigenvalue weighted by molar-refractivity contribution is 5.79. The Kier molecular flexibility index (Phi) is 8.20. The Morgan fingerprint density at radius 1 is 1.10 bits per heavy atom. The summed E-state index contributed by atoms with van der Waals surface area (Å²) >= 11 is 0. The summed E-state index contributed by atoms with van der Waals surface area (Å²) in [5, 5.41) is 14.7. The molecule has 0 aliphatic heterocycles. The van der Waals surface area contributed by atoms with E-state index in [1.807, 2.05) is 54.0 Å². The van der Waals surface area contributed by atoms with Crippen molar-refractivity contribution in [2.45, 2.75) is 40.0 Å². The summed E-state index contributed by atoms with van der Waals surface area (Å²) in [6.45, 7) is 7.35. The van der Waals surface area contributed by atoms with Crippen LogP contribution in [0.4, 0.5) is 0 Å². The van der Waals surface area contributed by atoms with Crippen molar-refractivity contribution in [3.63, 3.8) is 0 Å². The fraction of sp³-hybridized carbons (Fsp3) is 0.364. The molecule has 2 aromatic heterocycles. The van der Waals surface area contributed by atoms with Crippen LogP contribution in [0.2, 0.25) is 0 Å². The fourth-order valence-electron chi connectivity index (χ4n) is 2.94. The number of aromatic nitrogens is 4. The van der Waals surface area contributed by atoms with Gasteiger partial charge in [-0.15, -0.1) is 10.2 Å². The molecular weight excluding hydrogens is 378 g/mol. The third-order valence-electron chi connectivity index (χ3n) is 4.48. The smallest absolute Gasteiger partial charge is 0.218 e. The van der Waals surface area contributed by atoms with E-state index in [4.69, 9.17) is 9.73 Å². The van der Waals surface area contributed by atoms with Crippen molar-refractivity contribution < 1.29 is 4.74 Å². The van der Waals surface area contributed by atoms with Crippen molar-refractivity contribution in [2.24, 2.45) is 4.99 Å². The molecule has 1 aromatic carbocycles. The van der Waals surface area contributed by atoms with Gasteiger partial charge in [-0.05, 0) is 18.6 Å². The molecule has 0 radical (unpaired) electrons. The molecule has 0 saturated heterocycles. The first-order valence-electron chi connectivity index (χ1n) is 10.3. The Morgan fingerprint density at radius 3 is 2.77 bits per heavy atom. The minimum Gasteiger partial charge on any atom is -0.473 e. The molecule has 0 bridgehead atoms. The molecule has 0 aliphatic carbocycles. The summed E-state index contributed by atoms with van der Waals surface area (Å²) in [6, 6.07) is 14.0. The summed E-state index contributed by atoms with van der Waals surface area (Å²) in [4.78, 5) is 9.08. The second kappa shape index (κ2) is 11.5. The highest BCUT2D eigenvalue weighted by Gasteiger charge is 2.06. The highest BCUT2D eigenvalue weighted by Crippen LogP contribution is 2.17. The zero-order valence-electron chi connectivity index (χ0n) is 17.6. The van der Waals surface area contributed by atoms with Crippen LogP contribution in [0.25, 0.3) is 0 Å². The lowest BCUT2D eigenvalue weighted by atomic mass is 10.2. The Balaban J connectivity index is 1.58. The van der Waals surface area contributed by atoms with Crippen LogP contribution >= 0.6 is 0 Å².